The lowest BCUT2D eigenvalue weighted by atomic mass is 9.95. The molecule has 3 heterocycles. The van der Waals surface area contributed by atoms with E-state index >= 15 is 0 Å². The van der Waals surface area contributed by atoms with Crippen LogP contribution in [-0.2, 0) is 11.8 Å². The Hall–Kier alpha value is -2.41. The SMILES string of the molecule is Cc1cc(-c2sc(CC(=O)n3ccnc3)nc2C)nc(C(C)(C)C)n1. The number of rotatable bonds is 3. The number of carbonyl (C=O) groups is 1. The Morgan fingerprint density at radius 3 is 2.60 bits per heavy atom. The zero-order valence-corrected chi connectivity index (χ0v) is 15.9. The van der Waals surface area contributed by atoms with Gasteiger partial charge in [-0.1, -0.05) is 20.8 Å². The predicted octanol–water partition coefficient (Wildman–Crippen LogP) is 3.59. The van der Waals surface area contributed by atoms with Crippen LogP contribution in [0.3, 0.4) is 0 Å². The van der Waals surface area contributed by atoms with Gasteiger partial charge in [0.05, 0.1) is 22.7 Å². The molecule has 0 aromatic carbocycles. The second kappa shape index (κ2) is 6.48. The van der Waals surface area contributed by atoms with Crippen molar-refractivity contribution in [3.05, 3.63) is 47.0 Å². The first kappa shape index (κ1) is 17.4. The van der Waals surface area contributed by atoms with E-state index in [1.165, 1.54) is 22.2 Å². The fourth-order valence-corrected chi connectivity index (χ4v) is 3.43. The van der Waals surface area contributed by atoms with Gasteiger partial charge in [0.1, 0.15) is 17.2 Å². The summed E-state index contributed by atoms with van der Waals surface area (Å²) in [5, 5.41) is 0.778. The standard InChI is InChI=1S/C18H21N5OS/c1-11-8-13(22-17(20-11)18(3,4)5)16-12(2)21-14(25-16)9-15(24)23-7-6-19-10-23/h6-8,10H,9H2,1-5H3. The lowest BCUT2D eigenvalue weighted by Crippen LogP contribution is -2.17. The Bertz CT molecular complexity index is 906. The number of hydrogen-bond donors (Lipinski definition) is 0. The summed E-state index contributed by atoms with van der Waals surface area (Å²) < 4.78 is 1.48. The largest absolute Gasteiger partial charge is 0.276 e. The van der Waals surface area contributed by atoms with Gasteiger partial charge in [-0.2, -0.15) is 0 Å². The Morgan fingerprint density at radius 2 is 1.96 bits per heavy atom. The normalized spacial score (nSPS) is 11.7. The van der Waals surface area contributed by atoms with Crippen LogP contribution in [0.1, 0.15) is 47.8 Å². The molecule has 0 aliphatic heterocycles. The van der Waals surface area contributed by atoms with Crippen LogP contribution in [0, 0.1) is 13.8 Å². The van der Waals surface area contributed by atoms with Crippen molar-refractivity contribution in [2.24, 2.45) is 0 Å². The average Bonchev–Trinajstić information content (AvgIpc) is 3.15. The van der Waals surface area contributed by atoms with Crippen molar-refractivity contribution in [1.82, 2.24) is 24.5 Å². The first-order valence-corrected chi connectivity index (χ1v) is 8.89. The number of aryl methyl sites for hydroxylation is 2. The number of thiazole rings is 1. The third-order valence-electron chi connectivity index (χ3n) is 3.69. The van der Waals surface area contributed by atoms with Crippen LogP contribution < -0.4 is 0 Å². The number of carbonyl (C=O) groups excluding carboxylic acids is 1. The minimum atomic E-state index is -0.125. The summed E-state index contributed by atoms with van der Waals surface area (Å²) in [6.07, 6.45) is 4.99. The minimum Gasteiger partial charge on any atom is -0.276 e. The molecule has 0 saturated heterocycles. The summed E-state index contributed by atoms with van der Waals surface area (Å²) in [6, 6.07) is 1.97. The monoisotopic (exact) mass is 355 g/mol. The van der Waals surface area contributed by atoms with Gasteiger partial charge in [-0.05, 0) is 19.9 Å². The van der Waals surface area contributed by atoms with Crippen molar-refractivity contribution in [3.63, 3.8) is 0 Å². The molecule has 3 aromatic heterocycles. The van der Waals surface area contributed by atoms with Gasteiger partial charge >= 0.3 is 0 Å². The number of aromatic nitrogens is 5. The molecule has 0 amide bonds. The average molecular weight is 355 g/mol. The van der Waals surface area contributed by atoms with Gasteiger partial charge in [0.2, 0.25) is 5.91 Å². The number of imidazole rings is 1. The second-order valence-electron chi connectivity index (χ2n) is 7.03. The molecule has 6 nitrogen and oxygen atoms in total. The summed E-state index contributed by atoms with van der Waals surface area (Å²) in [6.45, 7) is 10.2. The van der Waals surface area contributed by atoms with Gasteiger partial charge in [-0.25, -0.2) is 19.9 Å². The van der Waals surface area contributed by atoms with Gasteiger partial charge in [0, 0.05) is 23.5 Å². The van der Waals surface area contributed by atoms with Crippen LogP contribution in [-0.4, -0.2) is 30.4 Å². The first-order chi connectivity index (χ1) is 11.7. The van der Waals surface area contributed by atoms with Crippen molar-refractivity contribution in [2.45, 2.75) is 46.5 Å². The summed E-state index contributed by atoms with van der Waals surface area (Å²) in [5.41, 5.74) is 2.56. The molecule has 25 heavy (non-hydrogen) atoms. The van der Waals surface area contributed by atoms with E-state index in [1.54, 1.807) is 12.4 Å². The lowest BCUT2D eigenvalue weighted by molar-refractivity contribution is 0.0914. The lowest BCUT2D eigenvalue weighted by Gasteiger charge is -2.17. The first-order valence-electron chi connectivity index (χ1n) is 8.08. The molecule has 0 radical (unpaired) electrons. The van der Waals surface area contributed by atoms with Crippen molar-refractivity contribution in [1.29, 1.82) is 0 Å². The Morgan fingerprint density at radius 1 is 1.20 bits per heavy atom. The molecule has 3 rings (SSSR count). The molecule has 0 unspecified atom stereocenters. The highest BCUT2D eigenvalue weighted by Crippen LogP contribution is 2.31. The van der Waals surface area contributed by atoms with Crippen molar-refractivity contribution in [2.75, 3.05) is 0 Å². The van der Waals surface area contributed by atoms with E-state index in [9.17, 15) is 4.79 Å². The Labute approximate surface area is 151 Å². The maximum atomic E-state index is 12.2. The van der Waals surface area contributed by atoms with Gasteiger partial charge < -0.3 is 0 Å². The third kappa shape index (κ3) is 3.82. The molecule has 0 spiro atoms. The maximum absolute atomic E-state index is 12.2. The molecular formula is C18H21N5OS. The molecular weight excluding hydrogens is 334 g/mol. The highest BCUT2D eigenvalue weighted by molar-refractivity contribution is 7.15. The molecule has 130 valence electrons. The number of hydrogen-bond acceptors (Lipinski definition) is 6. The number of nitrogens with zero attached hydrogens (tertiary/aromatic N) is 5. The van der Waals surface area contributed by atoms with Crippen LogP contribution in [0.25, 0.3) is 10.6 Å². The second-order valence-corrected chi connectivity index (χ2v) is 8.11. The van der Waals surface area contributed by atoms with E-state index < -0.39 is 0 Å². The van der Waals surface area contributed by atoms with Crippen LogP contribution >= 0.6 is 11.3 Å². The molecule has 7 heteroatoms. The fraction of sp³-hybridized carbons (Fsp3) is 0.389. The third-order valence-corrected chi connectivity index (χ3v) is 4.87. The van der Waals surface area contributed by atoms with Crippen molar-refractivity contribution in [3.8, 4) is 10.6 Å². The molecule has 0 saturated carbocycles. The highest BCUT2D eigenvalue weighted by atomic mass is 32.1. The van der Waals surface area contributed by atoms with E-state index in [0.717, 1.165) is 32.8 Å². The van der Waals surface area contributed by atoms with Gasteiger partial charge in [-0.3, -0.25) is 9.36 Å². The molecule has 0 atom stereocenters. The van der Waals surface area contributed by atoms with E-state index in [1.807, 2.05) is 19.9 Å². The van der Waals surface area contributed by atoms with E-state index in [-0.39, 0.29) is 17.7 Å². The highest BCUT2D eigenvalue weighted by Gasteiger charge is 2.21. The van der Waals surface area contributed by atoms with Crippen LogP contribution in [0.4, 0.5) is 0 Å². The summed E-state index contributed by atoms with van der Waals surface area (Å²) in [4.78, 5) is 31.0. The molecule has 0 aliphatic rings. The van der Waals surface area contributed by atoms with Crippen LogP contribution in [0.5, 0.6) is 0 Å². The van der Waals surface area contributed by atoms with Crippen LogP contribution in [0.2, 0.25) is 0 Å². The maximum Gasteiger partial charge on any atom is 0.238 e. The minimum absolute atomic E-state index is 0.0490. The van der Waals surface area contributed by atoms with Gasteiger partial charge in [0.15, 0.2) is 0 Å². The molecule has 3 aromatic rings. The fourth-order valence-electron chi connectivity index (χ4n) is 2.41. The Balaban J connectivity index is 1.93. The zero-order chi connectivity index (χ0) is 18.2. The predicted molar refractivity (Wildman–Crippen MR) is 97.9 cm³/mol. The van der Waals surface area contributed by atoms with E-state index in [4.69, 9.17) is 4.98 Å². The molecule has 0 aliphatic carbocycles. The van der Waals surface area contributed by atoms with E-state index in [2.05, 4.69) is 35.7 Å². The quantitative estimate of drug-likeness (QED) is 0.718. The van der Waals surface area contributed by atoms with Crippen molar-refractivity contribution < 1.29 is 4.79 Å². The smallest absolute Gasteiger partial charge is 0.238 e. The summed E-state index contributed by atoms with van der Waals surface area (Å²) in [7, 11) is 0. The zero-order valence-electron chi connectivity index (χ0n) is 15.1. The van der Waals surface area contributed by atoms with Crippen LogP contribution in [0.15, 0.2) is 24.8 Å². The Kier molecular flexibility index (Phi) is 4.51. The molecule has 0 bridgehead atoms. The van der Waals surface area contributed by atoms with Gasteiger partial charge in [0.25, 0.3) is 0 Å². The molecule has 0 N–H and O–H groups in total. The summed E-state index contributed by atoms with van der Waals surface area (Å²) in [5.74, 6) is 0.762. The van der Waals surface area contributed by atoms with Gasteiger partial charge in [-0.15, -0.1) is 11.3 Å². The topological polar surface area (TPSA) is 73.6 Å². The van der Waals surface area contributed by atoms with Crippen molar-refractivity contribution >= 4 is 17.2 Å². The molecule has 0 fully saturated rings. The summed E-state index contributed by atoms with van der Waals surface area (Å²) >= 11 is 1.51. The van der Waals surface area contributed by atoms with E-state index in [0.29, 0.717) is 0 Å².